The van der Waals surface area contributed by atoms with E-state index in [2.05, 4.69) is 9.98 Å². The second kappa shape index (κ2) is 3.53. The molecular weight excluding hydrogens is 214 g/mol. The molecule has 4 heteroatoms. The number of aromatic nitrogens is 1. The standard InChI is InChI=1S/C13H13N3O/c1-13(14)8-17-7-9-6-15-11-5-3-2-4-10(11)12(9)16-13/h2-7H,8,14H2,1H3/t13-/m0/s1. The minimum Gasteiger partial charge on any atom is -0.496 e. The fourth-order valence-corrected chi connectivity index (χ4v) is 1.94. The van der Waals surface area contributed by atoms with Gasteiger partial charge >= 0.3 is 0 Å². The van der Waals surface area contributed by atoms with Gasteiger partial charge in [-0.2, -0.15) is 0 Å². The first-order valence-electron chi connectivity index (χ1n) is 5.50. The Bertz CT molecular complexity index is 691. The number of nitrogens with zero attached hydrogens (tertiary/aromatic N) is 2. The fourth-order valence-electron chi connectivity index (χ4n) is 1.94. The van der Waals surface area contributed by atoms with E-state index in [1.807, 2.05) is 31.2 Å². The summed E-state index contributed by atoms with van der Waals surface area (Å²) in [6, 6.07) is 7.89. The molecule has 3 rings (SSSR count). The van der Waals surface area contributed by atoms with Gasteiger partial charge in [0.2, 0.25) is 0 Å². The number of fused-ring (bicyclic) bond motifs is 3. The van der Waals surface area contributed by atoms with Crippen LogP contribution in [0.25, 0.3) is 17.2 Å². The quantitative estimate of drug-likeness (QED) is 0.704. The lowest BCUT2D eigenvalue weighted by Gasteiger charge is -2.16. The van der Waals surface area contributed by atoms with E-state index in [0.717, 1.165) is 21.5 Å². The van der Waals surface area contributed by atoms with Gasteiger partial charge in [0.15, 0.2) is 0 Å². The molecule has 0 unspecified atom stereocenters. The third-order valence-corrected chi connectivity index (χ3v) is 2.73. The van der Waals surface area contributed by atoms with Gasteiger partial charge in [-0.15, -0.1) is 0 Å². The zero-order chi connectivity index (χ0) is 11.9. The highest BCUT2D eigenvalue weighted by Crippen LogP contribution is 2.07. The minimum atomic E-state index is -0.703. The Morgan fingerprint density at radius 3 is 3.06 bits per heavy atom. The Balaban J connectivity index is 2.50. The summed E-state index contributed by atoms with van der Waals surface area (Å²) in [6.45, 7) is 2.22. The molecular formula is C13H13N3O. The zero-order valence-electron chi connectivity index (χ0n) is 9.55. The second-order valence-electron chi connectivity index (χ2n) is 4.48. The van der Waals surface area contributed by atoms with E-state index in [9.17, 15) is 0 Å². The predicted octanol–water partition coefficient (Wildman–Crippen LogP) is 0.297. The fraction of sp³-hybridized carbons (Fsp3) is 0.231. The molecule has 0 saturated carbocycles. The molecule has 0 bridgehead atoms. The van der Waals surface area contributed by atoms with Gasteiger partial charge in [-0.05, 0) is 13.0 Å². The van der Waals surface area contributed by atoms with Gasteiger partial charge in [-0.3, -0.25) is 9.98 Å². The van der Waals surface area contributed by atoms with Gasteiger partial charge in [0, 0.05) is 11.6 Å². The number of benzene rings is 1. The maximum absolute atomic E-state index is 6.05. The van der Waals surface area contributed by atoms with Crippen LogP contribution in [0.3, 0.4) is 0 Å². The lowest BCUT2D eigenvalue weighted by Crippen LogP contribution is -2.41. The summed E-state index contributed by atoms with van der Waals surface area (Å²) in [6.07, 6.45) is 3.44. The number of hydrogen-bond acceptors (Lipinski definition) is 4. The van der Waals surface area contributed by atoms with Crippen LogP contribution in [-0.2, 0) is 4.74 Å². The van der Waals surface area contributed by atoms with Crippen molar-refractivity contribution >= 4 is 17.2 Å². The van der Waals surface area contributed by atoms with Crippen molar-refractivity contribution in [3.63, 3.8) is 0 Å². The minimum absolute atomic E-state index is 0.371. The molecule has 2 aromatic rings. The van der Waals surface area contributed by atoms with Crippen LogP contribution >= 0.6 is 0 Å². The Hall–Kier alpha value is -1.94. The number of hydrogen-bond donors (Lipinski definition) is 1. The number of para-hydroxylation sites is 1. The highest BCUT2D eigenvalue weighted by Gasteiger charge is 2.19. The Morgan fingerprint density at radius 2 is 2.18 bits per heavy atom. The predicted molar refractivity (Wildman–Crippen MR) is 65.5 cm³/mol. The number of ether oxygens (including phenoxy) is 1. The van der Waals surface area contributed by atoms with Gasteiger partial charge in [0.05, 0.1) is 22.4 Å². The summed E-state index contributed by atoms with van der Waals surface area (Å²) in [7, 11) is 0. The molecule has 1 aliphatic rings. The van der Waals surface area contributed by atoms with Crippen molar-refractivity contribution in [2.24, 2.45) is 10.7 Å². The van der Waals surface area contributed by atoms with Crippen molar-refractivity contribution in [3.05, 3.63) is 41.0 Å². The SMILES string of the molecule is C[C@@]1(N)COC=c2cnc3ccccc3c2=N1. The topological polar surface area (TPSA) is 60.5 Å². The molecule has 1 aliphatic heterocycles. The van der Waals surface area contributed by atoms with Gasteiger partial charge < -0.3 is 10.5 Å². The smallest absolute Gasteiger partial charge is 0.140 e. The highest BCUT2D eigenvalue weighted by atomic mass is 16.5. The van der Waals surface area contributed by atoms with Gasteiger partial charge in [-0.1, -0.05) is 18.2 Å². The van der Waals surface area contributed by atoms with E-state index in [1.165, 1.54) is 0 Å². The van der Waals surface area contributed by atoms with Crippen LogP contribution in [-0.4, -0.2) is 17.3 Å². The van der Waals surface area contributed by atoms with Crippen LogP contribution in [0.4, 0.5) is 0 Å². The molecule has 17 heavy (non-hydrogen) atoms. The number of nitrogens with two attached hydrogens (primary N) is 1. The molecule has 0 amide bonds. The van der Waals surface area contributed by atoms with Crippen molar-refractivity contribution in [2.45, 2.75) is 12.6 Å². The van der Waals surface area contributed by atoms with Crippen molar-refractivity contribution in [1.82, 2.24) is 4.98 Å². The number of rotatable bonds is 0. The number of pyridine rings is 1. The third-order valence-electron chi connectivity index (χ3n) is 2.73. The molecule has 0 saturated heterocycles. The molecule has 86 valence electrons. The molecule has 0 aliphatic carbocycles. The summed E-state index contributed by atoms with van der Waals surface area (Å²) in [5, 5.41) is 2.74. The molecule has 1 atom stereocenters. The van der Waals surface area contributed by atoms with Crippen LogP contribution < -0.4 is 16.3 Å². The Kier molecular flexibility index (Phi) is 2.12. The molecule has 0 spiro atoms. The first kappa shape index (κ1) is 10.2. The van der Waals surface area contributed by atoms with Crippen LogP contribution in [0.5, 0.6) is 0 Å². The van der Waals surface area contributed by atoms with Gasteiger partial charge in [0.25, 0.3) is 0 Å². The molecule has 1 aromatic carbocycles. The zero-order valence-corrected chi connectivity index (χ0v) is 9.55. The van der Waals surface area contributed by atoms with E-state index in [1.54, 1.807) is 12.5 Å². The van der Waals surface area contributed by atoms with Crippen LogP contribution in [0.1, 0.15) is 6.92 Å². The second-order valence-corrected chi connectivity index (χ2v) is 4.48. The molecule has 1 aromatic heterocycles. The van der Waals surface area contributed by atoms with Gasteiger partial charge in [0.1, 0.15) is 12.3 Å². The first-order chi connectivity index (χ1) is 8.16. The van der Waals surface area contributed by atoms with E-state index >= 15 is 0 Å². The van der Waals surface area contributed by atoms with E-state index < -0.39 is 5.66 Å². The Morgan fingerprint density at radius 1 is 1.35 bits per heavy atom. The lowest BCUT2D eigenvalue weighted by molar-refractivity contribution is 0.218. The largest absolute Gasteiger partial charge is 0.496 e. The molecule has 4 nitrogen and oxygen atoms in total. The monoisotopic (exact) mass is 227 g/mol. The molecule has 0 radical (unpaired) electrons. The molecule has 2 N–H and O–H groups in total. The van der Waals surface area contributed by atoms with E-state index in [-0.39, 0.29) is 0 Å². The maximum Gasteiger partial charge on any atom is 0.140 e. The summed E-state index contributed by atoms with van der Waals surface area (Å²) in [4.78, 5) is 8.95. The Labute approximate surface area is 98.4 Å². The molecule has 2 heterocycles. The summed E-state index contributed by atoms with van der Waals surface area (Å²) in [5.41, 5.74) is 6.27. The summed E-state index contributed by atoms with van der Waals surface area (Å²) < 4.78 is 5.40. The van der Waals surface area contributed by atoms with Crippen LogP contribution in [0, 0.1) is 0 Å². The van der Waals surface area contributed by atoms with Crippen molar-refractivity contribution in [2.75, 3.05) is 6.61 Å². The average Bonchev–Trinajstić information content (AvgIpc) is 2.46. The highest BCUT2D eigenvalue weighted by molar-refractivity contribution is 5.77. The van der Waals surface area contributed by atoms with E-state index in [4.69, 9.17) is 10.5 Å². The average molecular weight is 227 g/mol. The van der Waals surface area contributed by atoms with Crippen LogP contribution in [0.2, 0.25) is 0 Å². The third kappa shape index (κ3) is 1.76. The first-order valence-corrected chi connectivity index (χ1v) is 5.50. The van der Waals surface area contributed by atoms with Crippen molar-refractivity contribution in [3.8, 4) is 0 Å². The normalized spacial score (nSPS) is 22.9. The van der Waals surface area contributed by atoms with Crippen LogP contribution in [0.15, 0.2) is 35.5 Å². The van der Waals surface area contributed by atoms with Gasteiger partial charge in [-0.25, -0.2) is 0 Å². The maximum atomic E-state index is 6.05. The summed E-state index contributed by atoms with van der Waals surface area (Å²) in [5.74, 6) is 0. The lowest BCUT2D eigenvalue weighted by atomic mass is 10.2. The summed E-state index contributed by atoms with van der Waals surface area (Å²) >= 11 is 0. The van der Waals surface area contributed by atoms with E-state index in [0.29, 0.717) is 6.61 Å². The van der Waals surface area contributed by atoms with Crippen molar-refractivity contribution in [1.29, 1.82) is 0 Å². The van der Waals surface area contributed by atoms with Crippen molar-refractivity contribution < 1.29 is 4.74 Å². The molecule has 0 fully saturated rings.